The van der Waals surface area contributed by atoms with Crippen LogP contribution >= 0.6 is 0 Å². The van der Waals surface area contributed by atoms with E-state index in [1.54, 1.807) is 6.07 Å². The number of likely N-dealkylation sites (tertiary alicyclic amines) is 1. The predicted molar refractivity (Wildman–Crippen MR) is 86.0 cm³/mol. The Morgan fingerprint density at radius 3 is 2.55 bits per heavy atom. The summed E-state index contributed by atoms with van der Waals surface area (Å²) in [6.07, 6.45) is 1.45. The molecular weight excluding hydrogens is 278 g/mol. The molecule has 0 spiro atoms. The molecule has 2 rings (SSSR count). The minimum Gasteiger partial charge on any atom is -0.480 e. The van der Waals surface area contributed by atoms with Gasteiger partial charge in [0.15, 0.2) is 0 Å². The lowest BCUT2D eigenvalue weighted by Crippen LogP contribution is -2.40. The second-order valence-electron chi connectivity index (χ2n) is 7.15. The Hall–Kier alpha value is -1.84. The third kappa shape index (κ3) is 3.32. The molecule has 1 heterocycles. The van der Waals surface area contributed by atoms with Crippen molar-refractivity contribution in [3.63, 3.8) is 0 Å². The SMILES string of the molecule is CC[C@@H]1C[C@H](C(=O)O)N(C(=O)c2cccc(C(C)(C)C)c2)C1. The first kappa shape index (κ1) is 16.5. The van der Waals surface area contributed by atoms with Gasteiger partial charge in [-0.1, -0.05) is 46.2 Å². The first-order chi connectivity index (χ1) is 10.2. The van der Waals surface area contributed by atoms with E-state index in [4.69, 9.17) is 0 Å². The van der Waals surface area contributed by atoms with E-state index in [9.17, 15) is 14.7 Å². The fourth-order valence-electron chi connectivity index (χ4n) is 2.96. The van der Waals surface area contributed by atoms with E-state index in [2.05, 4.69) is 20.8 Å². The maximum absolute atomic E-state index is 12.8. The minimum atomic E-state index is -0.906. The summed E-state index contributed by atoms with van der Waals surface area (Å²) < 4.78 is 0. The van der Waals surface area contributed by atoms with Gasteiger partial charge in [-0.3, -0.25) is 4.79 Å². The number of hydrogen-bond acceptors (Lipinski definition) is 2. The number of carboxylic acids is 1. The van der Waals surface area contributed by atoms with Gasteiger partial charge in [0.25, 0.3) is 5.91 Å². The van der Waals surface area contributed by atoms with Crippen molar-refractivity contribution in [1.29, 1.82) is 0 Å². The zero-order chi connectivity index (χ0) is 16.5. The van der Waals surface area contributed by atoms with Crippen LogP contribution in [0.4, 0.5) is 0 Å². The Morgan fingerprint density at radius 1 is 1.32 bits per heavy atom. The van der Waals surface area contributed by atoms with Crippen LogP contribution in [0.1, 0.15) is 56.5 Å². The van der Waals surface area contributed by atoms with E-state index in [1.165, 1.54) is 4.90 Å². The largest absolute Gasteiger partial charge is 0.480 e. The molecule has 1 N–H and O–H groups in total. The molecule has 1 saturated heterocycles. The molecule has 4 heteroatoms. The summed E-state index contributed by atoms with van der Waals surface area (Å²) in [6, 6.07) is 6.84. The molecule has 0 aliphatic carbocycles. The number of amides is 1. The van der Waals surface area contributed by atoms with Crippen LogP contribution in [0, 0.1) is 5.92 Å². The van der Waals surface area contributed by atoms with Crippen molar-refractivity contribution in [2.45, 2.75) is 52.0 Å². The molecule has 1 aromatic rings. The molecule has 0 unspecified atom stereocenters. The molecule has 120 valence electrons. The number of carbonyl (C=O) groups is 2. The average Bonchev–Trinajstić information content (AvgIpc) is 2.90. The molecule has 0 saturated carbocycles. The first-order valence-electron chi connectivity index (χ1n) is 7.88. The van der Waals surface area contributed by atoms with Crippen molar-refractivity contribution in [3.05, 3.63) is 35.4 Å². The Kier molecular flexibility index (Phi) is 4.59. The van der Waals surface area contributed by atoms with Gasteiger partial charge in [-0.25, -0.2) is 4.79 Å². The Morgan fingerprint density at radius 2 is 2.00 bits per heavy atom. The van der Waals surface area contributed by atoms with Crippen LogP contribution in [0.3, 0.4) is 0 Å². The minimum absolute atomic E-state index is 0.0422. The van der Waals surface area contributed by atoms with E-state index in [0.29, 0.717) is 18.5 Å². The molecule has 4 nitrogen and oxygen atoms in total. The maximum atomic E-state index is 12.8. The number of rotatable bonds is 3. The van der Waals surface area contributed by atoms with Gasteiger partial charge in [-0.05, 0) is 35.4 Å². The summed E-state index contributed by atoms with van der Waals surface area (Å²) in [7, 11) is 0. The number of benzene rings is 1. The highest BCUT2D eigenvalue weighted by Crippen LogP contribution is 2.29. The smallest absolute Gasteiger partial charge is 0.326 e. The molecule has 1 aromatic carbocycles. The molecule has 1 fully saturated rings. The van der Waals surface area contributed by atoms with Crippen LogP contribution in [0.15, 0.2) is 24.3 Å². The number of nitrogens with zero attached hydrogens (tertiary/aromatic N) is 1. The van der Waals surface area contributed by atoms with Gasteiger partial charge in [0.2, 0.25) is 0 Å². The zero-order valence-corrected chi connectivity index (χ0v) is 13.8. The first-order valence-corrected chi connectivity index (χ1v) is 7.88. The number of carbonyl (C=O) groups excluding carboxylic acids is 1. The van der Waals surface area contributed by atoms with Crippen LogP contribution in [-0.2, 0) is 10.2 Å². The molecule has 1 aliphatic heterocycles. The van der Waals surface area contributed by atoms with E-state index < -0.39 is 12.0 Å². The van der Waals surface area contributed by atoms with Crippen molar-refractivity contribution >= 4 is 11.9 Å². The standard InChI is InChI=1S/C18H25NO3/c1-5-12-9-15(17(21)22)19(11-12)16(20)13-7-6-8-14(10-13)18(2,3)4/h6-8,10,12,15H,5,9,11H2,1-4H3,(H,21,22)/t12-,15-/m1/s1. The molecule has 0 aromatic heterocycles. The van der Waals surface area contributed by atoms with Crippen molar-refractivity contribution in [3.8, 4) is 0 Å². The fourth-order valence-corrected chi connectivity index (χ4v) is 2.96. The van der Waals surface area contributed by atoms with Gasteiger partial charge in [0.05, 0.1) is 0 Å². The van der Waals surface area contributed by atoms with Crippen molar-refractivity contribution < 1.29 is 14.7 Å². The molecule has 2 atom stereocenters. The molecule has 0 radical (unpaired) electrons. The van der Waals surface area contributed by atoms with Crippen LogP contribution in [0.5, 0.6) is 0 Å². The number of carboxylic acid groups (broad SMARTS) is 1. The van der Waals surface area contributed by atoms with E-state index in [-0.39, 0.29) is 17.2 Å². The van der Waals surface area contributed by atoms with Gasteiger partial charge in [0.1, 0.15) is 6.04 Å². The number of aliphatic carboxylic acids is 1. The van der Waals surface area contributed by atoms with E-state index in [1.807, 2.05) is 25.1 Å². The topological polar surface area (TPSA) is 57.6 Å². The van der Waals surface area contributed by atoms with Crippen molar-refractivity contribution in [2.75, 3.05) is 6.54 Å². The van der Waals surface area contributed by atoms with Gasteiger partial charge in [-0.2, -0.15) is 0 Å². The highest BCUT2D eigenvalue weighted by Gasteiger charge is 2.39. The third-order valence-corrected chi connectivity index (χ3v) is 4.49. The van der Waals surface area contributed by atoms with Crippen molar-refractivity contribution in [2.24, 2.45) is 5.92 Å². The summed E-state index contributed by atoms with van der Waals surface area (Å²) in [5, 5.41) is 9.38. The molecule has 1 aliphatic rings. The Balaban J connectivity index is 2.29. The molecule has 22 heavy (non-hydrogen) atoms. The maximum Gasteiger partial charge on any atom is 0.326 e. The second kappa shape index (κ2) is 6.11. The van der Waals surface area contributed by atoms with Gasteiger partial charge in [-0.15, -0.1) is 0 Å². The molecular formula is C18H25NO3. The summed E-state index contributed by atoms with van der Waals surface area (Å²) in [5.41, 5.74) is 1.62. The lowest BCUT2D eigenvalue weighted by Gasteiger charge is -2.24. The highest BCUT2D eigenvalue weighted by atomic mass is 16.4. The Bertz CT molecular complexity index is 574. The third-order valence-electron chi connectivity index (χ3n) is 4.49. The predicted octanol–water partition coefficient (Wildman–Crippen LogP) is 3.31. The van der Waals surface area contributed by atoms with Crippen LogP contribution < -0.4 is 0 Å². The van der Waals surface area contributed by atoms with Crippen LogP contribution in [0.2, 0.25) is 0 Å². The monoisotopic (exact) mass is 303 g/mol. The highest BCUT2D eigenvalue weighted by molar-refractivity contribution is 5.97. The fraction of sp³-hybridized carbons (Fsp3) is 0.556. The normalized spacial score (nSPS) is 21.9. The van der Waals surface area contributed by atoms with E-state index in [0.717, 1.165) is 12.0 Å². The number of hydrogen-bond donors (Lipinski definition) is 1. The van der Waals surface area contributed by atoms with Crippen molar-refractivity contribution in [1.82, 2.24) is 4.90 Å². The summed E-state index contributed by atoms with van der Waals surface area (Å²) in [5.74, 6) is -0.804. The molecule has 1 amide bonds. The lowest BCUT2D eigenvalue weighted by atomic mass is 9.86. The quantitative estimate of drug-likeness (QED) is 0.932. The van der Waals surface area contributed by atoms with E-state index >= 15 is 0 Å². The summed E-state index contributed by atoms with van der Waals surface area (Å²) >= 11 is 0. The Labute approximate surface area is 132 Å². The average molecular weight is 303 g/mol. The van der Waals surface area contributed by atoms with Crippen LogP contribution in [0.25, 0.3) is 0 Å². The van der Waals surface area contributed by atoms with Gasteiger partial charge >= 0.3 is 5.97 Å². The summed E-state index contributed by atoms with van der Waals surface area (Å²) in [4.78, 5) is 25.7. The lowest BCUT2D eigenvalue weighted by molar-refractivity contribution is -0.141. The zero-order valence-electron chi connectivity index (χ0n) is 13.8. The second-order valence-corrected chi connectivity index (χ2v) is 7.15. The van der Waals surface area contributed by atoms with Gasteiger partial charge in [0, 0.05) is 12.1 Å². The molecule has 0 bridgehead atoms. The summed E-state index contributed by atoms with van der Waals surface area (Å²) in [6.45, 7) is 8.86. The van der Waals surface area contributed by atoms with Crippen LogP contribution in [-0.4, -0.2) is 34.5 Å². The van der Waals surface area contributed by atoms with Gasteiger partial charge < -0.3 is 10.0 Å².